The summed E-state index contributed by atoms with van der Waals surface area (Å²) >= 11 is 10.9. The largest absolute Gasteiger partial charge is 0.511 e. The minimum Gasteiger partial charge on any atom is -0.511 e. The number of aliphatic hydroxyl groups is 1. The maximum Gasteiger partial charge on any atom is 0.173 e. The minimum absolute atomic E-state index is 0.0470. The second-order valence-electron chi connectivity index (χ2n) is 5.65. The molecular formula is C19H13BrClNO2S. The lowest BCUT2D eigenvalue weighted by Crippen LogP contribution is -2.17. The van der Waals surface area contributed by atoms with Crippen LogP contribution in [0.2, 0.25) is 5.02 Å². The Morgan fingerprint density at radius 3 is 2.64 bits per heavy atom. The molecule has 0 heterocycles. The number of nitriles is 1. The third kappa shape index (κ3) is 3.77. The van der Waals surface area contributed by atoms with Gasteiger partial charge in [-0.25, -0.2) is 0 Å². The Morgan fingerprint density at radius 1 is 1.20 bits per heavy atom. The standard InChI is InChI=1S/C19H13BrClNO2S/c20-13-5-3-6-14(21)18(13)12-8-15(23)19(16(24)9-12)25-17-7-2-1-4-11(17)10-22/h1-7,12,23H,8-9H2. The van der Waals surface area contributed by atoms with Crippen molar-refractivity contribution >= 4 is 45.1 Å². The van der Waals surface area contributed by atoms with Gasteiger partial charge in [0.1, 0.15) is 11.8 Å². The van der Waals surface area contributed by atoms with E-state index in [0.717, 1.165) is 21.8 Å². The van der Waals surface area contributed by atoms with E-state index in [2.05, 4.69) is 22.0 Å². The summed E-state index contributed by atoms with van der Waals surface area (Å²) in [5, 5.41) is 20.2. The molecule has 2 aromatic carbocycles. The lowest BCUT2D eigenvalue weighted by molar-refractivity contribution is -0.115. The van der Waals surface area contributed by atoms with Crippen LogP contribution in [-0.2, 0) is 4.79 Å². The van der Waals surface area contributed by atoms with E-state index in [1.165, 1.54) is 0 Å². The van der Waals surface area contributed by atoms with E-state index in [1.807, 2.05) is 12.1 Å². The molecule has 0 spiro atoms. The number of hydrogen-bond acceptors (Lipinski definition) is 4. The van der Waals surface area contributed by atoms with Crippen LogP contribution in [0, 0.1) is 11.3 Å². The Hall–Kier alpha value is -1.74. The molecule has 1 unspecified atom stereocenters. The molecule has 1 atom stereocenters. The lowest BCUT2D eigenvalue weighted by Gasteiger charge is -2.25. The number of halogens is 2. The summed E-state index contributed by atoms with van der Waals surface area (Å²) in [7, 11) is 0. The van der Waals surface area contributed by atoms with Crippen molar-refractivity contribution < 1.29 is 9.90 Å². The number of rotatable bonds is 3. The Morgan fingerprint density at radius 2 is 1.96 bits per heavy atom. The van der Waals surface area contributed by atoms with Crippen molar-refractivity contribution in [2.24, 2.45) is 0 Å². The molecule has 0 amide bonds. The molecule has 0 fully saturated rings. The second kappa shape index (κ2) is 7.65. The summed E-state index contributed by atoms with van der Waals surface area (Å²) in [6.07, 6.45) is 0.606. The summed E-state index contributed by atoms with van der Waals surface area (Å²) in [6, 6.07) is 14.6. The SMILES string of the molecule is N#Cc1ccccc1SC1=C(O)CC(c2c(Cl)cccc2Br)CC1=O. The fraction of sp³-hybridized carbons (Fsp3) is 0.158. The van der Waals surface area contributed by atoms with Crippen LogP contribution in [0.25, 0.3) is 0 Å². The van der Waals surface area contributed by atoms with E-state index in [-0.39, 0.29) is 23.9 Å². The van der Waals surface area contributed by atoms with E-state index in [1.54, 1.807) is 30.3 Å². The van der Waals surface area contributed by atoms with Gasteiger partial charge >= 0.3 is 0 Å². The Bertz CT molecular complexity index is 900. The summed E-state index contributed by atoms with van der Waals surface area (Å²) in [4.78, 5) is 13.6. The average molecular weight is 435 g/mol. The fourth-order valence-electron chi connectivity index (χ4n) is 2.85. The van der Waals surface area contributed by atoms with Crippen molar-refractivity contribution in [1.29, 1.82) is 5.26 Å². The summed E-state index contributed by atoms with van der Waals surface area (Å²) in [6.45, 7) is 0. The molecule has 25 heavy (non-hydrogen) atoms. The fourth-order valence-corrected chi connectivity index (χ4v) is 4.98. The zero-order chi connectivity index (χ0) is 18.0. The molecule has 2 aromatic rings. The van der Waals surface area contributed by atoms with Gasteiger partial charge in [0.15, 0.2) is 5.78 Å². The number of thioether (sulfide) groups is 1. The van der Waals surface area contributed by atoms with Gasteiger partial charge < -0.3 is 5.11 Å². The lowest BCUT2D eigenvalue weighted by atomic mass is 9.86. The van der Waals surface area contributed by atoms with E-state index in [0.29, 0.717) is 26.8 Å². The second-order valence-corrected chi connectivity index (χ2v) is 7.96. The van der Waals surface area contributed by atoms with Crippen LogP contribution in [-0.4, -0.2) is 10.9 Å². The van der Waals surface area contributed by atoms with Gasteiger partial charge in [0.2, 0.25) is 0 Å². The Labute approximate surface area is 163 Å². The van der Waals surface area contributed by atoms with Gasteiger partial charge in [-0.3, -0.25) is 4.79 Å². The summed E-state index contributed by atoms with van der Waals surface area (Å²) < 4.78 is 0.830. The van der Waals surface area contributed by atoms with Crippen LogP contribution in [0.4, 0.5) is 0 Å². The third-order valence-corrected chi connectivity index (χ3v) is 6.28. The number of benzene rings is 2. The zero-order valence-corrected chi connectivity index (χ0v) is 16.2. The minimum atomic E-state index is -0.175. The molecule has 0 aliphatic heterocycles. The average Bonchev–Trinajstić information content (AvgIpc) is 2.58. The number of Topliss-reactive ketones (excluding diaryl/α,β-unsaturated/α-hetero) is 1. The molecule has 1 aliphatic rings. The smallest absolute Gasteiger partial charge is 0.173 e. The van der Waals surface area contributed by atoms with E-state index < -0.39 is 0 Å². The van der Waals surface area contributed by atoms with Crippen LogP contribution >= 0.6 is 39.3 Å². The van der Waals surface area contributed by atoms with Crippen LogP contribution in [0.5, 0.6) is 0 Å². The topological polar surface area (TPSA) is 61.1 Å². The van der Waals surface area contributed by atoms with Gasteiger partial charge in [0.05, 0.1) is 10.5 Å². The predicted molar refractivity (Wildman–Crippen MR) is 103 cm³/mol. The summed E-state index contributed by atoms with van der Waals surface area (Å²) in [5.41, 5.74) is 1.32. The molecule has 0 bridgehead atoms. The third-order valence-electron chi connectivity index (χ3n) is 4.01. The van der Waals surface area contributed by atoms with Gasteiger partial charge in [-0.05, 0) is 29.8 Å². The monoisotopic (exact) mass is 433 g/mol. The molecule has 1 aliphatic carbocycles. The van der Waals surface area contributed by atoms with Crippen molar-refractivity contribution in [1.82, 2.24) is 0 Å². The van der Waals surface area contributed by atoms with Gasteiger partial charge in [-0.2, -0.15) is 5.26 Å². The van der Waals surface area contributed by atoms with Crippen molar-refractivity contribution in [2.45, 2.75) is 23.7 Å². The van der Waals surface area contributed by atoms with E-state index in [9.17, 15) is 15.2 Å². The predicted octanol–water partition coefficient (Wildman–Crippen LogP) is 5.98. The molecule has 0 saturated carbocycles. The van der Waals surface area contributed by atoms with Crippen molar-refractivity contribution in [3.8, 4) is 6.07 Å². The quantitative estimate of drug-likeness (QED) is 0.645. The first-order chi connectivity index (χ1) is 12.0. The maximum absolute atomic E-state index is 12.6. The summed E-state index contributed by atoms with van der Waals surface area (Å²) in [5.74, 6) is -0.268. The van der Waals surface area contributed by atoms with Crippen LogP contribution in [0.1, 0.15) is 29.9 Å². The number of carbonyl (C=O) groups is 1. The zero-order valence-electron chi connectivity index (χ0n) is 13.0. The van der Waals surface area contributed by atoms with Crippen molar-refractivity contribution in [3.63, 3.8) is 0 Å². The van der Waals surface area contributed by atoms with Crippen LogP contribution in [0.15, 0.2) is 62.5 Å². The highest BCUT2D eigenvalue weighted by Gasteiger charge is 2.31. The van der Waals surface area contributed by atoms with Gasteiger partial charge in [-0.15, -0.1) is 0 Å². The molecule has 3 nitrogen and oxygen atoms in total. The van der Waals surface area contributed by atoms with Crippen molar-refractivity contribution in [3.05, 3.63) is 73.8 Å². The first-order valence-corrected chi connectivity index (χ1v) is 9.56. The number of ketones is 1. The van der Waals surface area contributed by atoms with Gasteiger partial charge in [-0.1, -0.05) is 57.5 Å². The number of nitrogens with zero attached hydrogens (tertiary/aromatic N) is 1. The van der Waals surface area contributed by atoms with Gasteiger partial charge in [0.25, 0.3) is 0 Å². The van der Waals surface area contributed by atoms with Crippen LogP contribution in [0.3, 0.4) is 0 Å². The number of hydrogen-bond donors (Lipinski definition) is 1. The first-order valence-electron chi connectivity index (χ1n) is 7.57. The highest BCUT2D eigenvalue weighted by Crippen LogP contribution is 2.44. The molecule has 1 N–H and O–H groups in total. The number of aliphatic hydroxyl groups excluding tert-OH is 1. The normalized spacial score (nSPS) is 17.5. The molecule has 126 valence electrons. The highest BCUT2D eigenvalue weighted by atomic mass is 79.9. The molecular weight excluding hydrogens is 422 g/mol. The number of allylic oxidation sites excluding steroid dienone is 2. The van der Waals surface area contributed by atoms with Crippen molar-refractivity contribution in [2.75, 3.05) is 0 Å². The van der Waals surface area contributed by atoms with E-state index in [4.69, 9.17) is 11.6 Å². The van der Waals surface area contributed by atoms with Gasteiger partial charge in [0, 0.05) is 33.2 Å². The highest BCUT2D eigenvalue weighted by molar-refractivity contribution is 9.10. The maximum atomic E-state index is 12.6. The molecule has 0 saturated heterocycles. The molecule has 3 rings (SSSR count). The number of carbonyl (C=O) groups excluding carboxylic acids is 1. The Balaban J connectivity index is 1.91. The molecule has 6 heteroatoms. The van der Waals surface area contributed by atoms with E-state index >= 15 is 0 Å². The molecule has 0 aromatic heterocycles. The van der Waals surface area contributed by atoms with Crippen LogP contribution < -0.4 is 0 Å². The first kappa shape index (κ1) is 18.1. The molecule has 0 radical (unpaired) electrons. The Kier molecular flexibility index (Phi) is 5.53.